The van der Waals surface area contributed by atoms with Crippen molar-refractivity contribution >= 4 is 58.1 Å². The molecule has 1 heterocycles. The predicted molar refractivity (Wildman–Crippen MR) is 136 cm³/mol. The maximum absolute atomic E-state index is 13.1. The van der Waals surface area contributed by atoms with E-state index in [1.165, 1.54) is 4.68 Å². The summed E-state index contributed by atoms with van der Waals surface area (Å²) in [5.41, 5.74) is 3.17. The minimum absolute atomic E-state index is 0.0135. The summed E-state index contributed by atoms with van der Waals surface area (Å²) in [7, 11) is 0. The molecule has 0 spiro atoms. The Hall–Kier alpha value is -2.83. The highest BCUT2D eigenvalue weighted by molar-refractivity contribution is 6.42. The second kappa shape index (κ2) is 10.2. The van der Waals surface area contributed by atoms with Gasteiger partial charge in [-0.05, 0) is 55.0 Å². The average molecular weight is 533 g/mol. The molecule has 172 valence electrons. The van der Waals surface area contributed by atoms with E-state index in [2.05, 4.69) is 10.4 Å². The van der Waals surface area contributed by atoms with Crippen LogP contribution >= 0.6 is 46.4 Å². The largest absolute Gasteiger partial charge is 0.345 e. The van der Waals surface area contributed by atoms with E-state index in [4.69, 9.17) is 46.4 Å². The molecular weight excluding hydrogens is 516 g/mol. The van der Waals surface area contributed by atoms with Crippen LogP contribution in [0.2, 0.25) is 20.1 Å². The lowest BCUT2D eigenvalue weighted by Gasteiger charge is -2.11. The van der Waals surface area contributed by atoms with Crippen LogP contribution in [0.1, 0.15) is 21.6 Å². The molecule has 0 saturated carbocycles. The normalized spacial score (nSPS) is 10.9. The minimum atomic E-state index is -0.780. The smallest absolute Gasteiger partial charge is 0.294 e. The fourth-order valence-corrected chi connectivity index (χ4v) is 4.33. The fraction of sp³-hybridized carbons (Fsp3) is 0.0800. The van der Waals surface area contributed by atoms with Crippen molar-refractivity contribution in [3.63, 3.8) is 0 Å². The molecule has 1 N–H and O–H groups in total. The van der Waals surface area contributed by atoms with Gasteiger partial charge >= 0.3 is 0 Å². The Balaban J connectivity index is 1.73. The van der Waals surface area contributed by atoms with Gasteiger partial charge in [-0.25, -0.2) is 4.68 Å². The highest BCUT2D eigenvalue weighted by Crippen LogP contribution is 2.33. The van der Waals surface area contributed by atoms with E-state index in [0.717, 1.165) is 11.1 Å². The summed E-state index contributed by atoms with van der Waals surface area (Å²) < 4.78 is 1.54. The zero-order chi connectivity index (χ0) is 24.4. The van der Waals surface area contributed by atoms with Crippen LogP contribution in [0.25, 0.3) is 16.9 Å². The molecule has 0 saturated heterocycles. The lowest BCUT2D eigenvalue weighted by Crippen LogP contribution is -2.31. The molecule has 0 unspecified atom stereocenters. The second-order valence-electron chi connectivity index (χ2n) is 7.48. The standard InChI is InChI=1S/C25H17Cl4N3O2/c1-14-22(24(33)25(34)30-13-15-3-2-4-18(27)11-15)31-32(21-10-9-19(28)12-20(21)29)23(14)16-5-7-17(26)8-6-16/h2-12H,13H2,1H3,(H,30,34). The maximum Gasteiger partial charge on any atom is 0.294 e. The second-order valence-corrected chi connectivity index (χ2v) is 9.19. The Morgan fingerprint density at radius 2 is 1.56 bits per heavy atom. The molecule has 0 aliphatic heterocycles. The number of aromatic nitrogens is 2. The third-order valence-corrected chi connectivity index (χ3v) is 6.17. The van der Waals surface area contributed by atoms with Crippen molar-refractivity contribution < 1.29 is 9.59 Å². The lowest BCUT2D eigenvalue weighted by atomic mass is 10.0. The number of amides is 1. The van der Waals surface area contributed by atoms with Gasteiger partial charge in [0.1, 0.15) is 5.69 Å². The molecule has 0 atom stereocenters. The minimum Gasteiger partial charge on any atom is -0.345 e. The van der Waals surface area contributed by atoms with Gasteiger partial charge in [-0.3, -0.25) is 9.59 Å². The number of hydrogen-bond donors (Lipinski definition) is 1. The van der Waals surface area contributed by atoms with Crippen LogP contribution in [0.4, 0.5) is 0 Å². The van der Waals surface area contributed by atoms with Crippen LogP contribution in [0.5, 0.6) is 0 Å². The monoisotopic (exact) mass is 531 g/mol. The zero-order valence-corrected chi connectivity index (χ0v) is 20.8. The number of carbonyl (C=O) groups excluding carboxylic acids is 2. The summed E-state index contributed by atoms with van der Waals surface area (Å²) in [5.74, 6) is -1.55. The van der Waals surface area contributed by atoms with Gasteiger partial charge in [0.15, 0.2) is 0 Å². The van der Waals surface area contributed by atoms with E-state index in [1.807, 2.05) is 0 Å². The molecule has 0 radical (unpaired) electrons. The highest BCUT2D eigenvalue weighted by atomic mass is 35.5. The van der Waals surface area contributed by atoms with Gasteiger partial charge in [0, 0.05) is 32.7 Å². The molecule has 1 amide bonds. The van der Waals surface area contributed by atoms with Crippen LogP contribution in [-0.2, 0) is 11.3 Å². The number of carbonyl (C=O) groups is 2. The number of halogens is 4. The molecular formula is C25H17Cl4N3O2. The molecule has 3 aromatic carbocycles. The predicted octanol–water partition coefficient (Wildman–Crippen LogP) is 6.96. The van der Waals surface area contributed by atoms with Crippen LogP contribution < -0.4 is 5.32 Å². The van der Waals surface area contributed by atoms with Crippen LogP contribution in [0.15, 0.2) is 66.7 Å². The Morgan fingerprint density at radius 3 is 2.24 bits per heavy atom. The zero-order valence-electron chi connectivity index (χ0n) is 17.8. The van der Waals surface area contributed by atoms with E-state index in [-0.39, 0.29) is 12.2 Å². The highest BCUT2D eigenvalue weighted by Gasteiger charge is 2.27. The van der Waals surface area contributed by atoms with Gasteiger partial charge in [-0.1, -0.05) is 70.7 Å². The molecule has 9 heteroatoms. The van der Waals surface area contributed by atoms with E-state index in [0.29, 0.717) is 37.0 Å². The van der Waals surface area contributed by atoms with Gasteiger partial charge in [0.05, 0.1) is 16.4 Å². The SMILES string of the molecule is Cc1c(C(=O)C(=O)NCc2cccc(Cl)c2)nn(-c2ccc(Cl)cc2Cl)c1-c1ccc(Cl)cc1. The molecule has 1 aromatic heterocycles. The molecule has 5 nitrogen and oxygen atoms in total. The summed E-state index contributed by atoms with van der Waals surface area (Å²) in [4.78, 5) is 25.8. The summed E-state index contributed by atoms with van der Waals surface area (Å²) in [5, 5.41) is 9.02. The molecule has 34 heavy (non-hydrogen) atoms. The Kier molecular flexibility index (Phi) is 7.29. The van der Waals surface area contributed by atoms with E-state index in [1.54, 1.807) is 73.7 Å². The van der Waals surface area contributed by atoms with Crippen LogP contribution in [0.3, 0.4) is 0 Å². The number of hydrogen-bond acceptors (Lipinski definition) is 3. The first-order valence-corrected chi connectivity index (χ1v) is 11.6. The fourth-order valence-electron chi connectivity index (χ4n) is 3.50. The molecule has 4 rings (SSSR count). The Bertz CT molecular complexity index is 1400. The van der Waals surface area contributed by atoms with Crippen molar-refractivity contribution in [3.05, 3.63) is 104 Å². The van der Waals surface area contributed by atoms with E-state index >= 15 is 0 Å². The van der Waals surface area contributed by atoms with Crippen LogP contribution in [0, 0.1) is 6.92 Å². The van der Waals surface area contributed by atoms with Gasteiger partial charge in [-0.2, -0.15) is 5.10 Å². The van der Waals surface area contributed by atoms with Crippen LogP contribution in [-0.4, -0.2) is 21.5 Å². The topological polar surface area (TPSA) is 64.0 Å². The van der Waals surface area contributed by atoms with Gasteiger partial charge in [-0.15, -0.1) is 0 Å². The first-order valence-electron chi connectivity index (χ1n) is 10.1. The summed E-state index contributed by atoms with van der Waals surface area (Å²) in [6.07, 6.45) is 0. The third kappa shape index (κ3) is 5.13. The van der Waals surface area contributed by atoms with Crippen molar-refractivity contribution in [2.24, 2.45) is 0 Å². The average Bonchev–Trinajstić information content (AvgIpc) is 3.14. The maximum atomic E-state index is 13.1. The molecule has 4 aromatic rings. The summed E-state index contributed by atoms with van der Waals surface area (Å²) in [6.45, 7) is 1.88. The Labute approximate surface area is 216 Å². The first kappa shape index (κ1) is 24.3. The number of ketones is 1. The molecule has 0 bridgehead atoms. The number of Topliss-reactive ketones (excluding diaryl/α,β-unsaturated/α-hetero) is 1. The van der Waals surface area contributed by atoms with E-state index < -0.39 is 11.7 Å². The number of nitrogens with one attached hydrogen (secondary N) is 1. The quantitative estimate of drug-likeness (QED) is 0.215. The summed E-state index contributed by atoms with van der Waals surface area (Å²) in [6, 6.07) is 19.0. The summed E-state index contributed by atoms with van der Waals surface area (Å²) >= 11 is 24.5. The van der Waals surface area contributed by atoms with Crippen molar-refractivity contribution in [2.45, 2.75) is 13.5 Å². The molecule has 0 aliphatic carbocycles. The van der Waals surface area contributed by atoms with Crippen molar-refractivity contribution in [3.8, 4) is 16.9 Å². The number of nitrogens with zero attached hydrogens (tertiary/aromatic N) is 2. The number of benzene rings is 3. The number of rotatable bonds is 6. The molecule has 0 fully saturated rings. The van der Waals surface area contributed by atoms with Crippen molar-refractivity contribution in [1.29, 1.82) is 0 Å². The van der Waals surface area contributed by atoms with Crippen molar-refractivity contribution in [1.82, 2.24) is 15.1 Å². The third-order valence-electron chi connectivity index (χ3n) is 5.14. The van der Waals surface area contributed by atoms with Gasteiger partial charge < -0.3 is 5.32 Å². The van der Waals surface area contributed by atoms with Gasteiger partial charge in [0.2, 0.25) is 0 Å². The van der Waals surface area contributed by atoms with Crippen molar-refractivity contribution in [2.75, 3.05) is 0 Å². The Morgan fingerprint density at radius 1 is 0.882 bits per heavy atom. The van der Waals surface area contributed by atoms with Gasteiger partial charge in [0.25, 0.3) is 11.7 Å². The lowest BCUT2D eigenvalue weighted by molar-refractivity contribution is -0.117. The molecule has 0 aliphatic rings. The van der Waals surface area contributed by atoms with E-state index in [9.17, 15) is 9.59 Å². The first-order chi connectivity index (χ1) is 16.2.